The molecule has 0 radical (unpaired) electrons. The average molecular weight is 2220 g/mol. The van der Waals surface area contributed by atoms with E-state index >= 15 is 0 Å². The van der Waals surface area contributed by atoms with Crippen LogP contribution in [-0.4, -0.2) is 213 Å². The first kappa shape index (κ1) is 130. The van der Waals surface area contributed by atoms with Gasteiger partial charge in [-0.25, -0.2) is 44.1 Å². The molecule has 1 saturated heterocycles. The van der Waals surface area contributed by atoms with Crippen LogP contribution in [0.25, 0.3) is 0 Å². The van der Waals surface area contributed by atoms with E-state index in [0.29, 0.717) is 130 Å². The maximum Gasteiger partial charge on any atom is 0.271 e. The van der Waals surface area contributed by atoms with Gasteiger partial charge in [0.2, 0.25) is 15.9 Å². The number of ether oxygens (including phenoxy) is 10. The quantitative estimate of drug-likeness (QED) is 0.00741. The zero-order chi connectivity index (χ0) is 111. The molecule has 0 spiro atoms. The van der Waals surface area contributed by atoms with Crippen LogP contribution < -0.4 is 89.1 Å². The Morgan fingerprint density at radius 2 is 0.793 bits per heavy atom. The summed E-state index contributed by atoms with van der Waals surface area (Å²) in [7, 11) is -3.52. The molecule has 46 heteroatoms. The van der Waals surface area contributed by atoms with E-state index in [1.54, 1.807) is 91.0 Å². The van der Waals surface area contributed by atoms with Crippen molar-refractivity contribution in [2.45, 2.75) is 103 Å². The molecule has 3 aliphatic rings. The molecule has 11 rings (SSSR count). The third-order valence-corrected chi connectivity index (χ3v) is 23.2. The number of nitrogens with one attached hydrogen (secondary N) is 1. The van der Waals surface area contributed by atoms with Gasteiger partial charge in [0, 0.05) is 130 Å². The van der Waals surface area contributed by atoms with Gasteiger partial charge in [0.25, 0.3) is 23.2 Å². The molecule has 2 amide bonds. The van der Waals surface area contributed by atoms with Gasteiger partial charge in [-0.3, -0.25) is 34.6 Å². The van der Waals surface area contributed by atoms with Crippen molar-refractivity contribution >= 4 is 103 Å². The monoisotopic (exact) mass is 2220 g/mol. The van der Waals surface area contributed by atoms with Crippen molar-refractivity contribution in [3.63, 3.8) is 0 Å². The highest BCUT2D eigenvalue weighted by Crippen LogP contribution is 2.33. The predicted octanol–water partition coefficient (Wildman–Crippen LogP) is 19.2. The molecule has 2 aliphatic heterocycles. The predicted molar refractivity (Wildman–Crippen MR) is 572 cm³/mol. The molecule has 0 bridgehead atoms. The molecule has 818 valence electrons. The topological polar surface area (TPSA) is 503 Å². The molecule has 1 saturated carbocycles. The number of ketones is 1. The van der Waals surface area contributed by atoms with E-state index in [4.69, 9.17) is 151 Å². The van der Waals surface area contributed by atoms with E-state index in [-0.39, 0.29) is 171 Å². The number of morpholine rings is 1. The van der Waals surface area contributed by atoms with E-state index in [1.807, 2.05) is 58.6 Å². The van der Waals surface area contributed by atoms with Gasteiger partial charge in [-0.15, -0.1) is 0 Å². The van der Waals surface area contributed by atoms with E-state index in [1.165, 1.54) is 139 Å². The maximum atomic E-state index is 13.2. The van der Waals surface area contributed by atoms with Crippen LogP contribution in [0.3, 0.4) is 0 Å². The standard InChI is InChI=1S/C17H25FN2O2.C16H21FN2O2.C15H19FN2O2.C14H19FN2O4S.C12H13Cl2NO2.C10H10Cl2N2O3.C10H10ClFN2O3.C10H11F2NO/c1-12(2)20(13(3)4)17(21)14-5-7-16(8-6-14)22-11-15(18)9-10-19;17-13(9-10-18)11-21-15-7-5-12(6-8-15)16(20)19-14-3-1-2-4-14;1-15(2)10-20-14(18-15)11-3-5-13(6-4-11)19-9-12(16)7-8-17;15-12(5-6-16)11-21-13-1-3-14(4-2-13)22(18,19)17-7-9-20-10-8-17;1-8(16)9-2-3-12(11(14)6-9)17-7-10(13)4-5-15;11-7(3-4-13)6-17-10-2-1-8(14(15)16)5-9(10)12;11-9-5-8(14(15)16)1-2-10(9)17-6-7(12)3-4-13;11-8-1-3-10(4-2-8)14-7-9(12)5-6-13/h5-9,12-13H,10-11,19H2,1-4H3;5-9,14H,1-4,10-11,18H2,(H,19,20);3-7H,8-10,17H2,1-2H3;1-5H,6-11,16H2;2-4,6H,5,7,15H2,1H3;2*1-3,5H,4,6,13H2;1-5H,6-7,13H2/b15-9+;13-9+;12-7+;12-5+;10-4+;7-3-;7-3+;9-5+. The third kappa shape index (κ3) is 51.3. The van der Waals surface area contributed by atoms with Crippen molar-refractivity contribution in [3.05, 3.63) is 333 Å². The Bertz CT molecular complexity index is 5730. The highest BCUT2D eigenvalue weighted by Gasteiger charge is 2.29. The summed E-state index contributed by atoms with van der Waals surface area (Å²) >= 11 is 29.1. The van der Waals surface area contributed by atoms with Crippen molar-refractivity contribution < 1.29 is 111 Å². The minimum absolute atomic E-state index is 0.0224. The number of carbonyl (C=O) groups is 3. The number of carbonyl (C=O) groups excluding carboxylic acids is 3. The molecule has 1 aliphatic carbocycles. The zero-order valence-electron chi connectivity index (χ0n) is 83.8. The van der Waals surface area contributed by atoms with Gasteiger partial charge in [0.15, 0.2) is 5.78 Å². The lowest BCUT2D eigenvalue weighted by Crippen LogP contribution is -2.42. The van der Waals surface area contributed by atoms with Gasteiger partial charge in [-0.05, 0) is 249 Å². The number of hydrogen-bond donors (Lipinski definition) is 9. The fraction of sp³-hybridized carbons (Fsp3) is 0.346. The molecular formula is C104H128Cl5F7N14O19S. The Labute approximate surface area is 893 Å². The van der Waals surface area contributed by atoms with Crippen molar-refractivity contribution in [3.8, 4) is 46.0 Å². The zero-order valence-corrected chi connectivity index (χ0v) is 88.4. The van der Waals surface area contributed by atoms with Crippen LogP contribution in [0.5, 0.6) is 46.0 Å². The lowest BCUT2D eigenvalue weighted by molar-refractivity contribution is -0.385. The molecule has 2 fully saturated rings. The minimum Gasteiger partial charge on any atom is -0.487 e. The SMILES string of the molecule is CC(=O)c1ccc(OC/C(Cl)=C\CN)c(Cl)c1.CC(C)N(C(=O)c1ccc(OC/C(F)=C\CN)cc1)C(C)C.CC1(C)COC(c2ccc(OC/C(F)=C\CN)cc2)=N1.NC/C=C(/F)COc1ccc(C(=O)NC2CCCC2)cc1.NC/C=C(/F)COc1ccc(F)cc1.NC/C=C(/F)COc1ccc(S(=O)(=O)N2CCOCC2)cc1.NC/C=C(/F)COc1ccc([N+](=O)[O-])cc1Cl.NC/C=C(\Cl)COc1ccc([N+](=O)[O-])cc1Cl. The summed E-state index contributed by atoms with van der Waals surface area (Å²) in [5.74, 6) is 0.978. The number of amides is 2. The largest absolute Gasteiger partial charge is 0.487 e. The third-order valence-electron chi connectivity index (χ3n) is 19.9. The van der Waals surface area contributed by atoms with E-state index < -0.39 is 49.0 Å². The Morgan fingerprint density at radius 1 is 0.473 bits per heavy atom. The number of benzene rings is 8. The second kappa shape index (κ2) is 71.3. The highest BCUT2D eigenvalue weighted by atomic mass is 35.5. The summed E-state index contributed by atoms with van der Waals surface area (Å²) in [4.78, 5) is 61.9. The first-order valence-corrected chi connectivity index (χ1v) is 49.9. The first-order valence-electron chi connectivity index (χ1n) is 46.6. The maximum absolute atomic E-state index is 13.2. The number of nitrogens with zero attached hydrogens (tertiary/aromatic N) is 5. The minimum atomic E-state index is -3.52. The Morgan fingerprint density at radius 3 is 1.12 bits per heavy atom. The molecule has 33 nitrogen and oxygen atoms in total. The molecule has 8 aromatic carbocycles. The van der Waals surface area contributed by atoms with Crippen LogP contribution in [0.1, 0.15) is 111 Å². The molecule has 0 atom stereocenters. The number of non-ortho nitro benzene ring substituents is 2. The normalized spacial score (nSPS) is 13.8. The molecule has 8 aromatic rings. The van der Waals surface area contributed by atoms with E-state index in [0.717, 1.165) is 24.5 Å². The lowest BCUT2D eigenvalue weighted by atomic mass is 10.1. The fourth-order valence-electron chi connectivity index (χ4n) is 12.5. The fourth-order valence-corrected chi connectivity index (χ4v) is 14.9. The van der Waals surface area contributed by atoms with Gasteiger partial charge in [0.05, 0.1) is 58.6 Å². The summed E-state index contributed by atoms with van der Waals surface area (Å²) in [6, 6.07) is 45.0. The van der Waals surface area contributed by atoms with Gasteiger partial charge >= 0.3 is 0 Å². The highest BCUT2D eigenvalue weighted by molar-refractivity contribution is 7.89. The lowest BCUT2D eigenvalue weighted by Gasteiger charge is -2.30. The summed E-state index contributed by atoms with van der Waals surface area (Å²) in [6.07, 6.45) is 15.2. The number of nitro benzene ring substituents is 2. The van der Waals surface area contributed by atoms with Crippen LogP contribution in [-0.2, 0) is 19.5 Å². The molecule has 2 heterocycles. The summed E-state index contributed by atoms with van der Waals surface area (Å²) in [5.41, 5.74) is 43.8. The Hall–Kier alpha value is -12.5. The number of Topliss-reactive ketones (excluding diaryl/α,β-unsaturated/α-hetero) is 1. The van der Waals surface area contributed by atoms with Crippen LogP contribution in [0, 0.1) is 26.0 Å². The molecule has 0 unspecified atom stereocenters. The number of sulfonamides is 1. The van der Waals surface area contributed by atoms with Gasteiger partial charge in [-0.1, -0.05) is 83.0 Å². The number of nitro groups is 2. The van der Waals surface area contributed by atoms with Crippen molar-refractivity contribution in [2.24, 2.45) is 50.9 Å². The number of nitrogens with two attached hydrogens (primary N) is 8. The van der Waals surface area contributed by atoms with Gasteiger partial charge < -0.3 is 103 Å². The first-order chi connectivity index (χ1) is 71.4. The molecule has 17 N–H and O–H groups in total. The van der Waals surface area contributed by atoms with Crippen LogP contribution in [0.2, 0.25) is 15.1 Å². The van der Waals surface area contributed by atoms with E-state index in [2.05, 4.69) is 10.3 Å². The number of rotatable bonds is 43. The van der Waals surface area contributed by atoms with Crippen molar-refractivity contribution in [1.82, 2.24) is 14.5 Å². The van der Waals surface area contributed by atoms with Gasteiger partial charge in [-0.2, -0.15) is 4.31 Å². The van der Waals surface area contributed by atoms with Crippen molar-refractivity contribution in [1.29, 1.82) is 0 Å². The smallest absolute Gasteiger partial charge is 0.271 e. The van der Waals surface area contributed by atoms with Crippen molar-refractivity contribution in [2.75, 3.05) is 138 Å². The van der Waals surface area contributed by atoms with E-state index in [9.17, 15) is 73.8 Å². The summed E-state index contributed by atoms with van der Waals surface area (Å²) < 4.78 is 169. The molecule has 0 aromatic heterocycles. The number of halogens is 12. The summed E-state index contributed by atoms with van der Waals surface area (Å²) in [6.45, 7) is 16.2. The van der Waals surface area contributed by atoms with Crippen LogP contribution in [0.15, 0.2) is 279 Å². The average Bonchev–Trinajstić information content (AvgIpc) is 1.15. The summed E-state index contributed by atoms with van der Waals surface area (Å²) in [5, 5.41) is 25.5. The number of aliphatic imine (C=N–C) groups is 1. The molecule has 150 heavy (non-hydrogen) atoms. The van der Waals surface area contributed by atoms with Crippen LogP contribution in [0.4, 0.5) is 42.1 Å². The Balaban J connectivity index is 0.000000358. The number of hydrogen-bond acceptors (Lipinski definition) is 28. The second-order valence-corrected chi connectivity index (χ2v) is 36.9. The van der Waals surface area contributed by atoms with Crippen LogP contribution >= 0.6 is 58.0 Å². The Kier molecular flexibility index (Phi) is 61.6. The second-order valence-electron chi connectivity index (χ2n) is 32.7. The molecular weight excluding hydrogens is 2090 g/mol. The van der Waals surface area contributed by atoms with Gasteiger partial charge in [0.1, 0.15) is 146 Å².